The molecule has 0 fully saturated rings. The molecule has 0 bridgehead atoms. The Morgan fingerprint density at radius 3 is 2.44 bits per heavy atom. The molecule has 0 radical (unpaired) electrons. The van der Waals surface area contributed by atoms with Gasteiger partial charge >= 0.3 is 0 Å². The second-order valence-corrected chi connectivity index (χ2v) is 6.62. The van der Waals surface area contributed by atoms with Crippen LogP contribution in [0.4, 0.5) is 5.69 Å². The van der Waals surface area contributed by atoms with Crippen molar-refractivity contribution in [2.24, 2.45) is 0 Å². The molecule has 2 rings (SSSR count). The summed E-state index contributed by atoms with van der Waals surface area (Å²) in [5.41, 5.74) is 0.733. The van der Waals surface area contributed by atoms with E-state index in [1.807, 2.05) is 18.2 Å². The van der Waals surface area contributed by atoms with Crippen molar-refractivity contribution in [3.05, 3.63) is 47.8 Å². The monoisotopic (exact) mass is 298 g/mol. The molecule has 0 aliphatic rings. The third-order valence-electron chi connectivity index (χ3n) is 2.02. The molecule has 1 heterocycles. The standard InChI is InChI=1S/C11H10N2O2S3/c14-18(15,10-7-4-8-17-10)13-11(16)12-9-5-2-1-3-6-9/h1-8H,(H2,12,13,16). The van der Waals surface area contributed by atoms with E-state index in [1.54, 1.807) is 23.6 Å². The first-order valence-corrected chi connectivity index (χ1v) is 7.77. The second kappa shape index (κ2) is 5.47. The lowest BCUT2D eigenvalue weighted by Gasteiger charge is -2.09. The van der Waals surface area contributed by atoms with Gasteiger partial charge in [0.1, 0.15) is 4.21 Å². The van der Waals surface area contributed by atoms with E-state index in [1.165, 1.54) is 6.07 Å². The summed E-state index contributed by atoms with van der Waals surface area (Å²) in [5, 5.41) is 4.55. The van der Waals surface area contributed by atoms with Crippen LogP contribution >= 0.6 is 23.6 Å². The Kier molecular flexibility index (Phi) is 3.95. The van der Waals surface area contributed by atoms with Crippen molar-refractivity contribution in [3.63, 3.8) is 0 Å². The summed E-state index contributed by atoms with van der Waals surface area (Å²) in [4.78, 5) is 0. The van der Waals surface area contributed by atoms with Crippen molar-refractivity contribution in [2.45, 2.75) is 4.21 Å². The Labute approximate surface area is 115 Å². The van der Waals surface area contributed by atoms with Crippen molar-refractivity contribution in [2.75, 3.05) is 5.32 Å². The molecule has 1 aromatic heterocycles. The van der Waals surface area contributed by atoms with Gasteiger partial charge in [0.25, 0.3) is 10.0 Å². The fourth-order valence-electron chi connectivity index (χ4n) is 1.27. The van der Waals surface area contributed by atoms with E-state index >= 15 is 0 Å². The van der Waals surface area contributed by atoms with E-state index in [2.05, 4.69) is 10.0 Å². The molecule has 94 valence electrons. The number of sulfonamides is 1. The fraction of sp³-hybridized carbons (Fsp3) is 0. The van der Waals surface area contributed by atoms with Crippen LogP contribution in [0.2, 0.25) is 0 Å². The number of anilines is 1. The van der Waals surface area contributed by atoms with Gasteiger partial charge < -0.3 is 5.32 Å². The van der Waals surface area contributed by atoms with Crippen LogP contribution in [-0.2, 0) is 10.0 Å². The van der Waals surface area contributed by atoms with E-state index in [-0.39, 0.29) is 9.32 Å². The third-order valence-corrected chi connectivity index (χ3v) is 5.10. The van der Waals surface area contributed by atoms with Gasteiger partial charge in [-0.3, -0.25) is 4.72 Å². The summed E-state index contributed by atoms with van der Waals surface area (Å²) in [6.07, 6.45) is 0. The molecule has 0 saturated heterocycles. The van der Waals surface area contributed by atoms with Crippen LogP contribution < -0.4 is 10.0 Å². The van der Waals surface area contributed by atoms with Crippen LogP contribution in [0.1, 0.15) is 0 Å². The second-order valence-electron chi connectivity index (χ2n) is 3.36. The molecular weight excluding hydrogens is 288 g/mol. The van der Waals surface area contributed by atoms with Crippen molar-refractivity contribution < 1.29 is 8.42 Å². The van der Waals surface area contributed by atoms with E-state index in [0.29, 0.717) is 0 Å². The smallest absolute Gasteiger partial charge is 0.273 e. The molecule has 0 aliphatic heterocycles. The number of nitrogens with one attached hydrogen (secondary N) is 2. The first-order valence-electron chi connectivity index (χ1n) is 5.00. The van der Waals surface area contributed by atoms with Crippen LogP contribution in [-0.4, -0.2) is 13.5 Å². The number of para-hydroxylation sites is 1. The molecule has 4 nitrogen and oxygen atoms in total. The van der Waals surface area contributed by atoms with Gasteiger partial charge in [0.15, 0.2) is 5.11 Å². The number of benzene rings is 1. The van der Waals surface area contributed by atoms with Gasteiger partial charge in [0.2, 0.25) is 0 Å². The lowest BCUT2D eigenvalue weighted by molar-refractivity contribution is 0.595. The first kappa shape index (κ1) is 13.0. The van der Waals surface area contributed by atoms with E-state index in [9.17, 15) is 8.42 Å². The van der Waals surface area contributed by atoms with Gasteiger partial charge in [-0.2, -0.15) is 0 Å². The van der Waals surface area contributed by atoms with Crippen LogP contribution in [0.25, 0.3) is 0 Å². The molecule has 0 unspecified atom stereocenters. The van der Waals surface area contributed by atoms with Crippen LogP contribution in [0, 0.1) is 0 Å². The molecule has 0 amide bonds. The summed E-state index contributed by atoms with van der Waals surface area (Å²) in [6, 6.07) is 12.3. The third kappa shape index (κ3) is 3.28. The summed E-state index contributed by atoms with van der Waals surface area (Å²) in [7, 11) is -3.57. The Morgan fingerprint density at radius 1 is 1.11 bits per heavy atom. The number of thiocarbonyl (C=S) groups is 1. The maximum atomic E-state index is 11.9. The normalized spacial score (nSPS) is 10.9. The van der Waals surface area contributed by atoms with Gasteiger partial charge in [0.05, 0.1) is 0 Å². The molecular formula is C11H10N2O2S3. The van der Waals surface area contributed by atoms with Gasteiger partial charge in [-0.05, 0) is 35.8 Å². The number of hydrogen-bond donors (Lipinski definition) is 2. The predicted octanol–water partition coefficient (Wildman–Crippen LogP) is 2.42. The highest BCUT2D eigenvalue weighted by molar-refractivity contribution is 7.93. The summed E-state index contributed by atoms with van der Waals surface area (Å²) in [5.74, 6) is 0. The maximum absolute atomic E-state index is 11.9. The summed E-state index contributed by atoms with van der Waals surface area (Å²) >= 11 is 6.10. The van der Waals surface area contributed by atoms with Crippen molar-refractivity contribution >= 4 is 44.4 Å². The van der Waals surface area contributed by atoms with Crippen molar-refractivity contribution in [1.82, 2.24) is 4.72 Å². The maximum Gasteiger partial charge on any atom is 0.273 e. The minimum Gasteiger partial charge on any atom is -0.332 e. The highest BCUT2D eigenvalue weighted by atomic mass is 32.2. The SMILES string of the molecule is O=S(=O)(NC(=S)Nc1ccccc1)c1cccs1. The molecule has 0 saturated carbocycles. The highest BCUT2D eigenvalue weighted by Gasteiger charge is 2.16. The van der Waals surface area contributed by atoms with Crippen molar-refractivity contribution in [1.29, 1.82) is 0 Å². The molecule has 0 aliphatic carbocycles. The molecule has 0 spiro atoms. The minimum absolute atomic E-state index is 0.0506. The quantitative estimate of drug-likeness (QED) is 0.855. The van der Waals surface area contributed by atoms with Gasteiger partial charge in [0, 0.05) is 5.69 Å². The van der Waals surface area contributed by atoms with Crippen LogP contribution in [0.5, 0.6) is 0 Å². The number of thiophene rings is 1. The topological polar surface area (TPSA) is 58.2 Å². The largest absolute Gasteiger partial charge is 0.332 e. The fourth-order valence-corrected chi connectivity index (χ4v) is 3.61. The van der Waals surface area contributed by atoms with Crippen LogP contribution in [0.15, 0.2) is 52.1 Å². The lowest BCUT2D eigenvalue weighted by atomic mass is 10.3. The molecule has 7 heteroatoms. The molecule has 2 aromatic rings. The Morgan fingerprint density at radius 2 is 1.83 bits per heavy atom. The van der Waals surface area contributed by atoms with E-state index in [4.69, 9.17) is 12.2 Å². The van der Waals surface area contributed by atoms with E-state index in [0.717, 1.165) is 17.0 Å². The number of hydrogen-bond acceptors (Lipinski definition) is 4. The van der Waals surface area contributed by atoms with Gasteiger partial charge in [-0.1, -0.05) is 24.3 Å². The minimum atomic E-state index is -3.57. The zero-order chi connectivity index (χ0) is 13.0. The average Bonchev–Trinajstić information content (AvgIpc) is 2.83. The van der Waals surface area contributed by atoms with Crippen LogP contribution in [0.3, 0.4) is 0 Å². The molecule has 1 aromatic carbocycles. The predicted molar refractivity (Wildman–Crippen MR) is 77.3 cm³/mol. The van der Waals surface area contributed by atoms with Crippen molar-refractivity contribution in [3.8, 4) is 0 Å². The van der Waals surface area contributed by atoms with E-state index < -0.39 is 10.0 Å². The Hall–Kier alpha value is -1.44. The van der Waals surface area contributed by atoms with Gasteiger partial charge in [-0.15, -0.1) is 11.3 Å². The Balaban J connectivity index is 2.05. The van der Waals surface area contributed by atoms with Gasteiger partial charge in [-0.25, -0.2) is 8.42 Å². The summed E-state index contributed by atoms with van der Waals surface area (Å²) < 4.78 is 26.3. The Bertz CT molecular complexity index is 622. The zero-order valence-corrected chi connectivity index (χ0v) is 11.6. The zero-order valence-electron chi connectivity index (χ0n) is 9.16. The lowest BCUT2D eigenvalue weighted by Crippen LogP contribution is -2.33. The number of rotatable bonds is 3. The summed E-state index contributed by atoms with van der Waals surface area (Å²) in [6.45, 7) is 0. The molecule has 18 heavy (non-hydrogen) atoms. The average molecular weight is 298 g/mol. The molecule has 0 atom stereocenters. The first-order chi connectivity index (χ1) is 8.58. The highest BCUT2D eigenvalue weighted by Crippen LogP contribution is 2.15. The molecule has 2 N–H and O–H groups in total.